The number of nitrogens with two attached hydrogens (primary N) is 1. The first-order valence-corrected chi connectivity index (χ1v) is 21.0. The van der Waals surface area contributed by atoms with Crippen LogP contribution in [0.15, 0.2) is 12.7 Å². The van der Waals surface area contributed by atoms with Crippen LogP contribution in [0.25, 0.3) is 11.2 Å². The third-order valence-corrected chi connectivity index (χ3v) is 11.2. The van der Waals surface area contributed by atoms with Crippen LogP contribution in [0.3, 0.4) is 0 Å². The molecule has 8 atom stereocenters. The van der Waals surface area contributed by atoms with Gasteiger partial charge in [-0.25, -0.2) is 19.3 Å². The van der Waals surface area contributed by atoms with Gasteiger partial charge >= 0.3 is 18.9 Å². The van der Waals surface area contributed by atoms with Crippen LogP contribution in [0.1, 0.15) is 46.3 Å². The molecule has 1 aliphatic rings. The van der Waals surface area contributed by atoms with Gasteiger partial charge in [0.05, 0.1) is 19.5 Å². The molecule has 0 saturated carbocycles. The number of aromatic nitrogens is 4. The van der Waals surface area contributed by atoms with E-state index in [1.807, 2.05) is 6.92 Å². The van der Waals surface area contributed by atoms with Gasteiger partial charge in [0, 0.05) is 37.1 Å². The Hall–Kier alpha value is -1.84. The zero-order valence-corrected chi connectivity index (χ0v) is 32.9. The Kier molecular flexibility index (Phi) is 18.4. The number of nitrogens with one attached hydrogen (secondary N) is 2. The van der Waals surface area contributed by atoms with Gasteiger partial charge in [-0.05, 0) is 6.42 Å². The van der Waals surface area contributed by atoms with Crippen molar-refractivity contribution in [3.63, 3.8) is 0 Å². The molecule has 300 valence electrons. The zero-order chi connectivity index (χ0) is 39.8. The van der Waals surface area contributed by atoms with Crippen LogP contribution in [0.4, 0.5) is 5.82 Å². The van der Waals surface area contributed by atoms with Crippen molar-refractivity contribution in [2.75, 3.05) is 37.8 Å². The molecule has 1 fully saturated rings. The molecule has 3 heterocycles. The van der Waals surface area contributed by atoms with Gasteiger partial charge in [0.15, 0.2) is 22.8 Å². The maximum atomic E-state index is 12.5. The molecule has 2 amide bonds. The molecule has 54 heavy (non-hydrogen) atoms. The maximum absolute atomic E-state index is 12.5. The molecule has 3 rings (SSSR count). The monoisotopic (exact) mass is 841 g/mol. The van der Waals surface area contributed by atoms with E-state index in [0.29, 0.717) is 18.6 Å². The number of aliphatic hydroxyl groups is 2. The number of hydrogen-bond acceptors (Lipinski definition) is 21. The van der Waals surface area contributed by atoms with E-state index in [0.717, 1.165) is 29.0 Å². The van der Waals surface area contributed by atoms with E-state index in [2.05, 4.69) is 43.5 Å². The van der Waals surface area contributed by atoms with E-state index in [9.17, 15) is 57.9 Å². The number of fused-ring (bicyclic) bond motifs is 1. The third-order valence-electron chi connectivity index (χ3n) is 7.20. The number of nitrogens with zero attached hydrogens (tertiary/aromatic N) is 4. The summed E-state index contributed by atoms with van der Waals surface area (Å²) in [5, 5.41) is 26.1. The van der Waals surface area contributed by atoms with Gasteiger partial charge in [-0.2, -0.15) is 0 Å². The maximum Gasteiger partial charge on any atom is 1.00 e. The fourth-order valence-corrected chi connectivity index (χ4v) is 8.08. The Morgan fingerprint density at radius 1 is 1.09 bits per heavy atom. The topological polar surface area (TPSA) is 372 Å². The number of amides is 2. The summed E-state index contributed by atoms with van der Waals surface area (Å²) in [5.74, 6) is -1.14. The molecule has 0 spiro atoms. The van der Waals surface area contributed by atoms with Crippen LogP contribution in [-0.4, -0.2) is 108 Å². The molecule has 0 bridgehead atoms. The Labute approximate surface area is 324 Å². The fourth-order valence-electron chi connectivity index (χ4n) is 4.55. The Balaban J connectivity index is 0.0000101. The van der Waals surface area contributed by atoms with Gasteiger partial charge < -0.3 is 64.5 Å². The second-order valence-corrected chi connectivity index (χ2v) is 17.2. The first-order valence-electron chi connectivity index (χ1n) is 15.5. The number of phosphoric ester groups is 3. The van der Waals surface area contributed by atoms with E-state index in [1.165, 1.54) is 13.8 Å². The number of phosphoric acid groups is 3. The third kappa shape index (κ3) is 14.6. The van der Waals surface area contributed by atoms with Crippen LogP contribution < -0.4 is 49.9 Å². The van der Waals surface area contributed by atoms with Gasteiger partial charge in [-0.1, -0.05) is 32.5 Å². The molecule has 0 radical (unpaired) electrons. The van der Waals surface area contributed by atoms with Crippen molar-refractivity contribution in [2.24, 2.45) is 5.41 Å². The summed E-state index contributed by atoms with van der Waals surface area (Å²) in [4.78, 5) is 93.2. The standard InChI is InChI=1S/C25H42N7O17P3S.Li/c1-4-5-16(34)53-9-8-27-15(33)6-7-28-23(37)20(36)25(2,3)11-46-52(43,44)49-51(41,42)45-10-14-19(48-50(38,39)40)18(35)24(47-14)32-13-31-17-21(26)29-12-30-22(17)32;/h12-14,18-20,24,35-36H,4-11H2,1-3H3,(H,27,33)(H,28,37)(H,41,42)(H,43,44)(H2,26,29,30)(H2,38,39,40);/q;+1/p-3. The molecule has 29 heteroatoms. The van der Waals surface area contributed by atoms with Crippen molar-refractivity contribution in [2.45, 2.75) is 70.7 Å². The Morgan fingerprint density at radius 2 is 1.76 bits per heavy atom. The number of aliphatic hydroxyl groups excluding tert-OH is 2. The smallest absolute Gasteiger partial charge is 0.756 e. The number of imidazole rings is 1. The van der Waals surface area contributed by atoms with E-state index >= 15 is 0 Å². The minimum absolute atomic E-state index is 0. The van der Waals surface area contributed by atoms with Crippen LogP contribution in [0.2, 0.25) is 0 Å². The molecule has 0 aliphatic carbocycles. The van der Waals surface area contributed by atoms with Gasteiger partial charge in [-0.15, -0.1) is 0 Å². The zero-order valence-electron chi connectivity index (χ0n) is 29.4. The van der Waals surface area contributed by atoms with E-state index < -0.39 is 84.6 Å². The first-order chi connectivity index (χ1) is 24.6. The number of nitrogen functional groups attached to an aromatic ring is 1. The van der Waals surface area contributed by atoms with Crippen molar-refractivity contribution in [1.29, 1.82) is 0 Å². The fraction of sp³-hybridized carbons (Fsp3) is 0.680. The molecule has 1 aliphatic heterocycles. The number of hydrogen-bond donors (Lipinski definition) is 6. The van der Waals surface area contributed by atoms with E-state index in [-0.39, 0.29) is 60.5 Å². The molecular formula is C25H39LiN7O17P3S-2. The first kappa shape index (κ1) is 48.3. The quantitative estimate of drug-likeness (QED) is 0.0388. The van der Waals surface area contributed by atoms with Crippen LogP contribution >= 0.6 is 35.2 Å². The van der Waals surface area contributed by atoms with Crippen molar-refractivity contribution >= 4 is 69.1 Å². The van der Waals surface area contributed by atoms with Crippen LogP contribution in [0, 0.1) is 5.41 Å². The van der Waals surface area contributed by atoms with Gasteiger partial charge in [-0.3, -0.25) is 32.6 Å². The molecule has 2 aromatic rings. The average Bonchev–Trinajstić information content (AvgIpc) is 3.61. The largest absolute Gasteiger partial charge is 1.00 e. The number of rotatable bonds is 21. The molecular weight excluding hydrogens is 802 g/mol. The second kappa shape index (κ2) is 20.5. The molecule has 7 N–H and O–H groups in total. The van der Waals surface area contributed by atoms with Gasteiger partial charge in [0.25, 0.3) is 23.5 Å². The number of ether oxygens (including phenoxy) is 1. The van der Waals surface area contributed by atoms with Gasteiger partial charge in [0.1, 0.15) is 36.3 Å². The summed E-state index contributed by atoms with van der Waals surface area (Å²) < 4.78 is 60.7. The van der Waals surface area contributed by atoms with Crippen molar-refractivity contribution in [3.8, 4) is 0 Å². The van der Waals surface area contributed by atoms with Gasteiger partial charge in [0.2, 0.25) is 11.8 Å². The number of anilines is 1. The summed E-state index contributed by atoms with van der Waals surface area (Å²) in [7, 11) is -17.3. The molecule has 8 unspecified atom stereocenters. The number of thioether (sulfide) groups is 1. The molecule has 0 aromatic carbocycles. The minimum Gasteiger partial charge on any atom is -0.756 e. The summed E-state index contributed by atoms with van der Waals surface area (Å²) in [6.07, 6.45) is -6.21. The molecule has 1 saturated heterocycles. The SMILES string of the molecule is CCCC(=O)SCCNC(=O)CCNC(=O)C(O)C(C)(C)COP(=O)([O-])OP(=O)([O-])OCC1OC(n2cnc3c(N)ncnc32)C(O)C1OP(=O)([O-])O.[Li+]. The van der Waals surface area contributed by atoms with Crippen LogP contribution in [0.5, 0.6) is 0 Å². The second-order valence-electron chi connectivity index (χ2n) is 12.0. The summed E-state index contributed by atoms with van der Waals surface area (Å²) in [6, 6.07) is 0. The normalized spacial score (nSPS) is 22.7. The Morgan fingerprint density at radius 3 is 2.41 bits per heavy atom. The van der Waals surface area contributed by atoms with Crippen LogP contribution in [-0.2, 0) is 50.7 Å². The van der Waals surface area contributed by atoms with Crippen molar-refractivity contribution < 1.29 is 99.3 Å². The molecule has 24 nitrogen and oxygen atoms in total. The molecule has 2 aromatic heterocycles. The van der Waals surface area contributed by atoms with Crippen molar-refractivity contribution in [3.05, 3.63) is 12.7 Å². The predicted octanol–water partition coefficient (Wildman–Crippen LogP) is -5.43. The van der Waals surface area contributed by atoms with E-state index in [1.54, 1.807) is 0 Å². The minimum atomic E-state index is -5.89. The Bertz CT molecular complexity index is 1750. The number of carbonyl (C=O) groups is 3. The number of carbonyl (C=O) groups excluding carboxylic acids is 3. The summed E-state index contributed by atoms with van der Waals surface area (Å²) >= 11 is 1.08. The predicted molar refractivity (Wildman–Crippen MR) is 175 cm³/mol. The van der Waals surface area contributed by atoms with Crippen molar-refractivity contribution in [1.82, 2.24) is 30.2 Å². The summed E-state index contributed by atoms with van der Waals surface area (Å²) in [5.41, 5.74) is 4.11. The summed E-state index contributed by atoms with van der Waals surface area (Å²) in [6.45, 7) is 2.06. The average molecular weight is 842 g/mol. The van der Waals surface area contributed by atoms with E-state index in [4.69, 9.17) is 10.5 Å².